The van der Waals surface area contributed by atoms with E-state index in [9.17, 15) is 9.59 Å². The van der Waals surface area contributed by atoms with Gasteiger partial charge in [0, 0.05) is 6.07 Å². The third-order valence-electron chi connectivity index (χ3n) is 5.56. The van der Waals surface area contributed by atoms with Crippen LogP contribution < -0.4 is 10.3 Å². The van der Waals surface area contributed by atoms with Gasteiger partial charge in [0.1, 0.15) is 11.3 Å². The molecule has 5 rings (SSSR count). The lowest BCUT2D eigenvalue weighted by atomic mass is 9.95. The minimum atomic E-state index is -0.640. The van der Waals surface area contributed by atoms with Crippen LogP contribution in [0.4, 0.5) is 5.82 Å². The lowest BCUT2D eigenvalue weighted by molar-refractivity contribution is 0.0969. The second-order valence-electron chi connectivity index (χ2n) is 7.86. The number of anilines is 1. The number of amides is 1. The van der Waals surface area contributed by atoms with Crippen LogP contribution in [0.3, 0.4) is 0 Å². The van der Waals surface area contributed by atoms with Crippen molar-refractivity contribution in [3.05, 3.63) is 93.0 Å². The fourth-order valence-electron chi connectivity index (χ4n) is 4.00. The van der Waals surface area contributed by atoms with Gasteiger partial charge in [-0.2, -0.15) is 0 Å². The lowest BCUT2D eigenvalue weighted by Gasteiger charge is -2.22. The van der Waals surface area contributed by atoms with Crippen LogP contribution in [-0.2, 0) is 0 Å². The lowest BCUT2D eigenvalue weighted by Crippen LogP contribution is -2.29. The van der Waals surface area contributed by atoms with Crippen molar-refractivity contribution in [2.75, 3.05) is 4.90 Å². The van der Waals surface area contributed by atoms with E-state index in [-0.39, 0.29) is 11.2 Å². The van der Waals surface area contributed by atoms with Crippen molar-refractivity contribution in [1.82, 2.24) is 5.16 Å². The minimum Gasteiger partial charge on any atom is -0.450 e. The summed E-state index contributed by atoms with van der Waals surface area (Å²) >= 11 is 0. The molecule has 0 saturated heterocycles. The highest BCUT2D eigenvalue weighted by Crippen LogP contribution is 2.41. The molecule has 3 heterocycles. The molecule has 0 saturated carbocycles. The van der Waals surface area contributed by atoms with Gasteiger partial charge in [-0.25, -0.2) is 0 Å². The summed E-state index contributed by atoms with van der Waals surface area (Å²) in [4.78, 5) is 28.3. The molecule has 150 valence electrons. The molecule has 30 heavy (non-hydrogen) atoms. The van der Waals surface area contributed by atoms with Gasteiger partial charge >= 0.3 is 0 Å². The molecule has 0 fully saturated rings. The van der Waals surface area contributed by atoms with Crippen LogP contribution in [-0.4, -0.2) is 11.1 Å². The molecule has 1 amide bonds. The van der Waals surface area contributed by atoms with Crippen molar-refractivity contribution < 1.29 is 13.7 Å². The van der Waals surface area contributed by atoms with Crippen LogP contribution in [0.1, 0.15) is 58.8 Å². The number of hydrogen-bond acceptors (Lipinski definition) is 5. The number of hydrogen-bond donors (Lipinski definition) is 0. The van der Waals surface area contributed by atoms with Crippen LogP contribution in [0.15, 0.2) is 68.3 Å². The number of para-hydroxylation sites is 1. The molecule has 2 aromatic heterocycles. The van der Waals surface area contributed by atoms with E-state index in [1.165, 1.54) is 10.5 Å². The van der Waals surface area contributed by atoms with Crippen molar-refractivity contribution in [3.63, 3.8) is 0 Å². The van der Waals surface area contributed by atoms with Gasteiger partial charge in [0.15, 0.2) is 11.2 Å². The summed E-state index contributed by atoms with van der Waals surface area (Å²) in [6, 6.07) is 16.0. The van der Waals surface area contributed by atoms with Gasteiger partial charge in [0.25, 0.3) is 5.91 Å². The molecular weight excluding hydrogens is 380 g/mol. The Labute approximate surface area is 172 Å². The Bertz CT molecular complexity index is 1330. The predicted octanol–water partition coefficient (Wildman–Crippen LogP) is 4.96. The number of aromatic nitrogens is 1. The van der Waals surface area contributed by atoms with Crippen molar-refractivity contribution in [3.8, 4) is 0 Å². The molecule has 0 spiro atoms. The van der Waals surface area contributed by atoms with Gasteiger partial charge in [-0.3, -0.25) is 14.5 Å². The van der Waals surface area contributed by atoms with E-state index >= 15 is 0 Å². The maximum absolute atomic E-state index is 13.4. The molecule has 0 aliphatic carbocycles. The zero-order valence-electron chi connectivity index (χ0n) is 16.9. The van der Waals surface area contributed by atoms with Crippen molar-refractivity contribution in [2.45, 2.75) is 32.7 Å². The molecule has 6 nitrogen and oxygen atoms in total. The van der Waals surface area contributed by atoms with Crippen LogP contribution >= 0.6 is 0 Å². The Morgan fingerprint density at radius 2 is 1.77 bits per heavy atom. The molecule has 1 aliphatic heterocycles. The smallest absolute Gasteiger partial charge is 0.296 e. The summed E-state index contributed by atoms with van der Waals surface area (Å²) < 4.78 is 11.1. The topological polar surface area (TPSA) is 76.6 Å². The molecular formula is C24H20N2O4. The van der Waals surface area contributed by atoms with Gasteiger partial charge in [0.05, 0.1) is 17.0 Å². The second-order valence-corrected chi connectivity index (χ2v) is 7.86. The predicted molar refractivity (Wildman–Crippen MR) is 113 cm³/mol. The highest BCUT2D eigenvalue weighted by molar-refractivity contribution is 6.10. The summed E-state index contributed by atoms with van der Waals surface area (Å²) in [5.74, 6) is 0.952. The normalized spacial score (nSPS) is 15.9. The largest absolute Gasteiger partial charge is 0.450 e. The average Bonchev–Trinajstić information content (AvgIpc) is 3.29. The van der Waals surface area contributed by atoms with Gasteiger partial charge in [0.2, 0.25) is 5.76 Å². The Hall–Kier alpha value is -3.67. The number of aryl methyl sites for hydroxylation is 1. The van der Waals surface area contributed by atoms with Crippen molar-refractivity contribution in [1.29, 1.82) is 0 Å². The van der Waals surface area contributed by atoms with Crippen LogP contribution in [0.25, 0.3) is 11.0 Å². The number of carbonyl (C=O) groups is 1. The molecule has 2 aromatic carbocycles. The quantitative estimate of drug-likeness (QED) is 0.486. The first-order valence-corrected chi connectivity index (χ1v) is 9.88. The monoisotopic (exact) mass is 400 g/mol. The van der Waals surface area contributed by atoms with E-state index in [2.05, 4.69) is 19.0 Å². The Kier molecular flexibility index (Phi) is 4.10. The highest BCUT2D eigenvalue weighted by atomic mass is 16.5. The first kappa shape index (κ1) is 18.4. The molecule has 1 unspecified atom stereocenters. The number of rotatable bonds is 3. The Morgan fingerprint density at radius 3 is 2.43 bits per heavy atom. The van der Waals surface area contributed by atoms with Gasteiger partial charge in [-0.15, -0.1) is 0 Å². The second kappa shape index (κ2) is 6.69. The fourth-order valence-corrected chi connectivity index (χ4v) is 4.00. The first-order valence-electron chi connectivity index (χ1n) is 9.88. The first-order chi connectivity index (χ1) is 14.5. The minimum absolute atomic E-state index is 0.0530. The standard InChI is InChI=1S/C24H20N2O4/c1-13(2)15-8-10-16(11-9-15)21-20-22(27)17-6-4-5-7-18(17)29-23(20)24(28)26(21)19-12-14(3)30-25-19/h4-13,21H,1-3H3. The maximum Gasteiger partial charge on any atom is 0.296 e. The average molecular weight is 400 g/mol. The van der Waals surface area contributed by atoms with Gasteiger partial charge < -0.3 is 8.94 Å². The Morgan fingerprint density at radius 1 is 1.03 bits per heavy atom. The van der Waals surface area contributed by atoms with Crippen molar-refractivity contribution >= 4 is 22.7 Å². The summed E-state index contributed by atoms with van der Waals surface area (Å²) in [5.41, 5.74) is 2.51. The fraction of sp³-hybridized carbons (Fsp3) is 0.208. The van der Waals surface area contributed by atoms with Gasteiger partial charge in [-0.1, -0.05) is 55.4 Å². The van der Waals surface area contributed by atoms with Crippen LogP contribution in [0.5, 0.6) is 0 Å². The zero-order chi connectivity index (χ0) is 21.0. The molecule has 1 atom stereocenters. The molecule has 4 aromatic rings. The third kappa shape index (κ3) is 2.68. The number of nitrogens with zero attached hydrogens (tertiary/aromatic N) is 2. The SMILES string of the molecule is Cc1cc(N2C(=O)c3oc4ccccc4c(=O)c3C2c2ccc(C(C)C)cc2)no1. The van der Waals surface area contributed by atoms with E-state index in [1.54, 1.807) is 37.3 Å². The van der Waals surface area contributed by atoms with Gasteiger partial charge in [-0.05, 0) is 36.1 Å². The molecule has 0 N–H and O–H groups in total. The van der Waals surface area contributed by atoms with E-state index in [0.717, 1.165) is 5.56 Å². The van der Waals surface area contributed by atoms with Crippen LogP contribution in [0.2, 0.25) is 0 Å². The maximum atomic E-state index is 13.4. The summed E-state index contributed by atoms with van der Waals surface area (Å²) in [7, 11) is 0. The van der Waals surface area contributed by atoms with E-state index in [4.69, 9.17) is 8.94 Å². The molecule has 6 heteroatoms. The van der Waals surface area contributed by atoms with E-state index in [0.29, 0.717) is 34.0 Å². The summed E-state index contributed by atoms with van der Waals surface area (Å²) in [6.07, 6.45) is 0. The van der Waals surface area contributed by atoms with E-state index in [1.807, 2.05) is 24.3 Å². The number of fused-ring (bicyclic) bond motifs is 2. The summed E-state index contributed by atoms with van der Waals surface area (Å²) in [5, 5.41) is 4.49. The number of carbonyl (C=O) groups excluding carboxylic acids is 1. The highest BCUT2D eigenvalue weighted by Gasteiger charge is 2.44. The Balaban J connectivity index is 1.77. The molecule has 0 bridgehead atoms. The molecule has 0 radical (unpaired) electrons. The third-order valence-corrected chi connectivity index (χ3v) is 5.56. The van der Waals surface area contributed by atoms with Crippen LogP contribution in [0, 0.1) is 6.92 Å². The summed E-state index contributed by atoms with van der Waals surface area (Å²) in [6.45, 7) is 6.00. The van der Waals surface area contributed by atoms with E-state index < -0.39 is 11.9 Å². The van der Waals surface area contributed by atoms with Crippen molar-refractivity contribution in [2.24, 2.45) is 0 Å². The number of benzene rings is 2. The molecule has 1 aliphatic rings. The zero-order valence-corrected chi connectivity index (χ0v) is 16.9.